The molecule has 18 aromatic rings. The van der Waals surface area contributed by atoms with Gasteiger partial charge in [0.25, 0.3) is 0 Å². The Morgan fingerprint density at radius 3 is 0.876 bits per heavy atom. The molecule has 36 heteroatoms. The number of guanidine groups is 2. The molecule has 6 aromatic heterocycles. The molecule has 0 atom stereocenters. The number of imidazole rings is 1. The molecule has 0 N–H and O–H groups in total. The molecule has 24 bridgehead atoms. The SMILES string of the molecule is C1=C2[N-]C(=C(c3ccccc3)c3nc(nn3-c3ccccc3)C3=CN(c4ccccc4)C(=C(c4ccccc4)c4nc2nn4-c2ccccc2)[N-]3)N1c1ccccc1.CN1C=C2[N-]C1=Nc1nc(nn1C)C1=CN(C)C(=Nc3nc2cn3C)[N-]1.[Co+2].[Ni+2].[Pt+2].c1ccc(C2=C3[N-]C(=NN3c3ccccc3)c3nc(n(-c4ccccc4)n3)C(c3ccccc3)=C3[N-]C(=NN3c3ccccc3)c3nc2n(-c2ccccc2)n3)cc1. The summed E-state index contributed by atoms with van der Waals surface area (Å²) in [5.41, 5.74) is 16.4. The van der Waals surface area contributed by atoms with Crippen molar-refractivity contribution in [1.82, 2.24) is 93.2 Å². The fourth-order valence-corrected chi connectivity index (χ4v) is 17.5. The van der Waals surface area contributed by atoms with E-state index < -0.39 is 0 Å². The Kier molecular flexibility index (Phi) is 24.6. The van der Waals surface area contributed by atoms with Crippen LogP contribution in [-0.2, 0) is 68.4 Å². The molecule has 9 aliphatic rings. The van der Waals surface area contributed by atoms with E-state index in [0.717, 1.165) is 78.9 Å². The third-order valence-corrected chi connectivity index (χ3v) is 24.2. The normalized spacial score (nSPS) is 14.8. The number of nitrogens with zero attached hydrogens (tertiary/aromatic N) is 33. The molecule has 0 aliphatic carbocycles. The van der Waals surface area contributed by atoms with Gasteiger partial charge in [-0.05, 0) is 132 Å². The van der Waals surface area contributed by atoms with Gasteiger partial charge in [-0.2, -0.15) is 5.10 Å². The number of aryl methyl sites for hydroxylation is 2. The largest absolute Gasteiger partial charge is 2.00 e. The Morgan fingerprint density at radius 2 is 0.524 bits per heavy atom. The van der Waals surface area contributed by atoms with Gasteiger partial charge in [-0.15, -0.1) is 20.4 Å². The average Bonchev–Trinajstić information content (AvgIpc) is 1.58. The van der Waals surface area contributed by atoms with Crippen molar-refractivity contribution in [2.75, 3.05) is 33.9 Å². The molecule has 0 unspecified atom stereocenters. The molecule has 15 heterocycles. The maximum Gasteiger partial charge on any atom is 2.00 e. The van der Waals surface area contributed by atoms with Crippen molar-refractivity contribution in [2.45, 2.75) is 0 Å². The van der Waals surface area contributed by atoms with Crippen LogP contribution in [0.4, 0.5) is 34.6 Å². The number of aromatic nitrogens is 17. The Morgan fingerprint density at radius 1 is 0.248 bits per heavy atom. The van der Waals surface area contributed by atoms with Gasteiger partial charge in [-0.3, -0.25) is 0 Å². The zero-order valence-electron chi connectivity index (χ0n) is 77.3. The first kappa shape index (κ1) is 91.5. The molecular weight excluding hydrogens is 2080 g/mol. The van der Waals surface area contributed by atoms with E-state index in [0.29, 0.717) is 151 Å². The van der Waals surface area contributed by atoms with Crippen molar-refractivity contribution in [2.24, 2.45) is 34.3 Å². The Hall–Kier alpha value is -18.6. The van der Waals surface area contributed by atoms with Crippen LogP contribution < -0.4 is 19.8 Å². The monoisotopic (exact) mass is 2160 g/mol. The van der Waals surface area contributed by atoms with E-state index in [1.165, 1.54) is 0 Å². The van der Waals surface area contributed by atoms with Crippen LogP contribution in [-0.4, -0.2) is 131 Å². The zero-order chi connectivity index (χ0) is 94.8. The van der Waals surface area contributed by atoms with E-state index in [4.69, 9.17) is 71.8 Å². The second-order valence-electron chi connectivity index (χ2n) is 33.5. The van der Waals surface area contributed by atoms with Gasteiger partial charge in [0.05, 0.1) is 40.1 Å². The van der Waals surface area contributed by atoms with Crippen molar-refractivity contribution >= 4 is 103 Å². The molecule has 707 valence electrons. The van der Waals surface area contributed by atoms with Crippen LogP contribution in [0, 0.1) is 0 Å². The maximum absolute atomic E-state index is 5.44. The van der Waals surface area contributed by atoms with Crippen LogP contribution in [0.25, 0.3) is 99.7 Å². The van der Waals surface area contributed by atoms with Crippen LogP contribution in [0.15, 0.2) is 438 Å². The minimum Gasteiger partial charge on any atom is -0.432 e. The van der Waals surface area contributed by atoms with Crippen molar-refractivity contribution in [3.05, 3.63) is 531 Å². The molecule has 27 rings (SSSR count). The van der Waals surface area contributed by atoms with Gasteiger partial charge >= 0.3 is 54.3 Å². The van der Waals surface area contributed by atoms with Gasteiger partial charge in [-0.1, -0.05) is 328 Å². The van der Waals surface area contributed by atoms with Gasteiger partial charge in [0.15, 0.2) is 64.3 Å². The van der Waals surface area contributed by atoms with Gasteiger partial charge in [0.2, 0.25) is 0 Å². The van der Waals surface area contributed by atoms with Crippen LogP contribution in [0.3, 0.4) is 0 Å². The predicted molar refractivity (Wildman–Crippen MR) is 550 cm³/mol. The second kappa shape index (κ2) is 38.9. The quantitative estimate of drug-likeness (QED) is 0.103. The number of anilines is 4. The van der Waals surface area contributed by atoms with E-state index in [-0.39, 0.29) is 54.3 Å². The first-order valence-corrected chi connectivity index (χ1v) is 45.6. The number of amidine groups is 2. The minimum absolute atomic E-state index is 0. The number of aliphatic imine (C=N–C) groups is 2. The summed E-state index contributed by atoms with van der Waals surface area (Å²) in [6.07, 6.45) is 9.61. The summed E-state index contributed by atoms with van der Waals surface area (Å²) in [4.78, 5) is 47.4. The van der Waals surface area contributed by atoms with Crippen LogP contribution in [0.2, 0.25) is 0 Å². The van der Waals surface area contributed by atoms with E-state index in [2.05, 4.69) is 94.0 Å². The molecule has 9 aliphatic heterocycles. The Balaban J connectivity index is 0.000000131. The molecule has 1 radical (unpaired) electrons. The number of hydrogen-bond acceptors (Lipinski definition) is 21. The number of hydrazone groups is 2. The fraction of sp³-hybridized carbons (Fsp3) is 0.0367. The van der Waals surface area contributed by atoms with Crippen LogP contribution >= 0.6 is 0 Å². The van der Waals surface area contributed by atoms with E-state index in [9.17, 15) is 0 Å². The first-order valence-electron chi connectivity index (χ1n) is 45.6. The Bertz CT molecular complexity index is 7480. The number of para-hydroxylation sites is 8. The summed E-state index contributed by atoms with van der Waals surface area (Å²) in [6.45, 7) is 0. The van der Waals surface area contributed by atoms with Gasteiger partial charge in [-0.25, -0.2) is 53.3 Å². The van der Waals surface area contributed by atoms with Crippen LogP contribution in [0.1, 0.15) is 80.4 Å². The Labute approximate surface area is 866 Å². The van der Waals surface area contributed by atoms with Gasteiger partial charge in [0.1, 0.15) is 0 Å². The minimum atomic E-state index is 0. The van der Waals surface area contributed by atoms with Crippen molar-refractivity contribution < 1.29 is 54.3 Å². The number of hydrogen-bond donors (Lipinski definition) is 0. The molecule has 33 nitrogen and oxygen atoms in total. The van der Waals surface area contributed by atoms with Gasteiger partial charge in [0, 0.05) is 88.9 Å². The number of fused-ring (bicyclic) bond motifs is 30. The summed E-state index contributed by atoms with van der Waals surface area (Å²) >= 11 is 0. The summed E-state index contributed by atoms with van der Waals surface area (Å²) in [5.74, 6) is 9.31. The fourth-order valence-electron chi connectivity index (χ4n) is 17.5. The molecule has 0 spiro atoms. The third kappa shape index (κ3) is 17.2. The van der Waals surface area contributed by atoms with E-state index >= 15 is 0 Å². The van der Waals surface area contributed by atoms with Crippen molar-refractivity contribution in [1.29, 1.82) is 0 Å². The summed E-state index contributed by atoms with van der Waals surface area (Å²) in [7, 11) is 7.42. The van der Waals surface area contributed by atoms with E-state index in [1.54, 1.807) is 11.7 Å². The van der Waals surface area contributed by atoms with E-state index in [1.807, 2.05) is 411 Å². The standard InChI is InChI=1S/C48H32N10.C46H30N12.C15H15N11.Co.Ni.Pt/c1-7-19-33(20-8-1)41-45-49-39(31-55(45)35-23-11-3-12-24-35)44-52-48(58(54-44)38-29-17-6-18-30-38)42(34-21-9-2-10-22-34)46-50-40(32-56(46)36-25-13-4-14-26-36)43-51-47(41)57(53-43)37-27-15-5-16-28-37;1-7-19-31(20-8-1)37-43-47-39(51-55(43)33-23-11-3-12-24-33)41-49-45(57(53-41)35-27-15-5-16-28-35)38(32-21-9-2-10-22-32)46-50-42(54-58(46)36-29-17-6-18-30-36)40-48-44(37)56(52-40)34-25-13-4-14-26-34;1-23-5-8-9-6-24(2)13(17-9)21-15-19-11(22-26(15)4)10-7-25(3)14(18-10)20-12(23)16-8;;;/h1-32H;1-30H;5-7H,1-4H3;;;/q3*-2;3*+2. The molecule has 0 fully saturated rings. The molecule has 12 aromatic carbocycles. The molecule has 0 amide bonds. The first-order chi connectivity index (χ1) is 70.0. The smallest absolute Gasteiger partial charge is 0.432 e. The number of rotatable bonds is 12. The maximum atomic E-state index is 5.44. The molecule has 0 saturated heterocycles. The second-order valence-corrected chi connectivity index (χ2v) is 33.5. The predicted octanol–water partition coefficient (Wildman–Crippen LogP) is 21.0. The van der Waals surface area contributed by atoms with Crippen molar-refractivity contribution in [3.63, 3.8) is 0 Å². The molecular formula is C109H77CoN33NiPt. The zero-order valence-corrected chi connectivity index (χ0v) is 81.6. The topological polar surface area (TPSA) is 325 Å². The summed E-state index contributed by atoms with van der Waals surface area (Å²) in [5, 5.41) is 69.9. The van der Waals surface area contributed by atoms with Crippen molar-refractivity contribution in [3.8, 4) is 22.7 Å². The molecule has 145 heavy (non-hydrogen) atoms. The number of benzene rings is 12. The van der Waals surface area contributed by atoms with Gasteiger partial charge < -0.3 is 86.3 Å². The summed E-state index contributed by atoms with van der Waals surface area (Å²) in [6, 6.07) is 121. The average molecular weight is 2160 g/mol. The third-order valence-electron chi connectivity index (χ3n) is 24.2. The summed E-state index contributed by atoms with van der Waals surface area (Å²) < 4.78 is 10.9. The van der Waals surface area contributed by atoms with Crippen LogP contribution in [0.5, 0.6) is 0 Å². The molecule has 0 saturated carbocycles.